The van der Waals surface area contributed by atoms with Crippen LogP contribution in [0.25, 0.3) is 0 Å². The highest BCUT2D eigenvalue weighted by molar-refractivity contribution is 7.89. The highest BCUT2D eigenvalue weighted by Gasteiger charge is 2.36. The normalized spacial score (nSPS) is 17.7. The van der Waals surface area contributed by atoms with E-state index in [4.69, 9.17) is 20.8 Å². The molecule has 7 nitrogen and oxygen atoms in total. The van der Waals surface area contributed by atoms with Crippen LogP contribution in [0, 0.1) is 0 Å². The van der Waals surface area contributed by atoms with E-state index in [-0.39, 0.29) is 32.8 Å². The molecule has 0 saturated carbocycles. The molecule has 1 unspecified atom stereocenters. The second-order valence-electron chi connectivity index (χ2n) is 7.09. The standard InChI is InChI=1S/C19H22ClF3N2O5S/c20-18-4-3-16(10-17(18)19(21,22)23)31(27,28)25-7-5-24(6-8-25)11-14(26)12-29-13-15-2-1-9-30-15/h1-4,9-10,14,26H,5-8,11-13H2. The van der Waals surface area contributed by atoms with Crippen LogP contribution in [0.2, 0.25) is 5.02 Å². The van der Waals surface area contributed by atoms with E-state index in [9.17, 15) is 26.7 Å². The second-order valence-corrected chi connectivity index (χ2v) is 9.44. The Morgan fingerprint density at radius 2 is 1.90 bits per heavy atom. The predicted molar refractivity (Wildman–Crippen MR) is 106 cm³/mol. The minimum atomic E-state index is -4.75. The van der Waals surface area contributed by atoms with Gasteiger partial charge in [-0.2, -0.15) is 17.5 Å². The van der Waals surface area contributed by atoms with Crippen molar-refractivity contribution in [3.05, 3.63) is 52.9 Å². The molecule has 12 heteroatoms. The average Bonchev–Trinajstić information content (AvgIpc) is 3.21. The summed E-state index contributed by atoms with van der Waals surface area (Å²) < 4.78 is 76.4. The van der Waals surface area contributed by atoms with Gasteiger partial charge in [0.2, 0.25) is 10.0 Å². The van der Waals surface area contributed by atoms with Crippen LogP contribution in [0.4, 0.5) is 13.2 Å². The topological polar surface area (TPSA) is 83.2 Å². The van der Waals surface area contributed by atoms with E-state index in [1.54, 1.807) is 12.1 Å². The molecule has 1 aromatic heterocycles. The number of furan rings is 1. The van der Waals surface area contributed by atoms with Crippen LogP contribution in [0.5, 0.6) is 0 Å². The van der Waals surface area contributed by atoms with Gasteiger partial charge in [0.25, 0.3) is 0 Å². The summed E-state index contributed by atoms with van der Waals surface area (Å²) in [5, 5.41) is 9.56. The summed E-state index contributed by atoms with van der Waals surface area (Å²) in [6.45, 7) is 1.44. The Hall–Kier alpha value is -1.63. The minimum Gasteiger partial charge on any atom is -0.467 e. The van der Waals surface area contributed by atoms with Crippen molar-refractivity contribution in [3.63, 3.8) is 0 Å². The van der Waals surface area contributed by atoms with Crippen molar-refractivity contribution in [2.45, 2.75) is 23.8 Å². The van der Waals surface area contributed by atoms with Gasteiger partial charge in [-0.05, 0) is 30.3 Å². The summed E-state index contributed by atoms with van der Waals surface area (Å²) in [7, 11) is -4.10. The predicted octanol–water partition coefficient (Wildman–Crippen LogP) is 2.84. The number of aliphatic hydroxyl groups excluding tert-OH is 1. The molecule has 1 N–H and O–H groups in total. The molecule has 3 rings (SSSR count). The van der Waals surface area contributed by atoms with Gasteiger partial charge in [-0.3, -0.25) is 4.90 Å². The molecule has 0 spiro atoms. The van der Waals surface area contributed by atoms with Gasteiger partial charge >= 0.3 is 6.18 Å². The summed E-state index contributed by atoms with van der Waals surface area (Å²) in [5.74, 6) is 0.641. The molecule has 2 aromatic rings. The number of β-amino-alcohol motifs (C(OH)–C–C–N with tert-alkyl or cyclic N) is 1. The van der Waals surface area contributed by atoms with Gasteiger partial charge in [-0.15, -0.1) is 0 Å². The Kier molecular flexibility index (Phi) is 7.66. The lowest BCUT2D eigenvalue weighted by Gasteiger charge is -2.34. The lowest BCUT2D eigenvalue weighted by atomic mass is 10.2. The smallest absolute Gasteiger partial charge is 0.417 e. The number of sulfonamides is 1. The number of aliphatic hydroxyl groups is 1. The second kappa shape index (κ2) is 9.88. The molecule has 0 aliphatic carbocycles. The van der Waals surface area contributed by atoms with Crippen molar-refractivity contribution >= 4 is 21.6 Å². The van der Waals surface area contributed by atoms with E-state index in [2.05, 4.69) is 0 Å². The lowest BCUT2D eigenvalue weighted by Crippen LogP contribution is -2.50. The first-order valence-electron chi connectivity index (χ1n) is 9.45. The van der Waals surface area contributed by atoms with E-state index in [1.807, 2.05) is 4.90 Å². The van der Waals surface area contributed by atoms with Crippen LogP contribution in [0.15, 0.2) is 45.9 Å². The Balaban J connectivity index is 1.52. The quantitative estimate of drug-likeness (QED) is 0.623. The average molecular weight is 483 g/mol. The van der Waals surface area contributed by atoms with Gasteiger partial charge in [0.05, 0.1) is 34.5 Å². The molecule has 1 atom stereocenters. The number of halogens is 4. The molecule has 2 heterocycles. The molecule has 31 heavy (non-hydrogen) atoms. The van der Waals surface area contributed by atoms with Crippen LogP contribution < -0.4 is 0 Å². The van der Waals surface area contributed by atoms with Gasteiger partial charge in [0.15, 0.2) is 0 Å². The van der Waals surface area contributed by atoms with Crippen LogP contribution in [-0.2, 0) is 27.5 Å². The van der Waals surface area contributed by atoms with E-state index in [0.29, 0.717) is 24.9 Å². The summed E-state index contributed by atoms with van der Waals surface area (Å²) in [5.41, 5.74) is -1.19. The zero-order chi connectivity index (χ0) is 22.6. The van der Waals surface area contributed by atoms with Crippen molar-refractivity contribution < 1.29 is 35.8 Å². The lowest BCUT2D eigenvalue weighted by molar-refractivity contribution is -0.137. The number of hydrogen-bond acceptors (Lipinski definition) is 6. The summed E-state index contributed by atoms with van der Waals surface area (Å²) >= 11 is 5.58. The molecular formula is C19H22ClF3N2O5S. The number of benzene rings is 1. The SMILES string of the molecule is O=S(=O)(c1ccc(Cl)c(C(F)(F)F)c1)N1CCN(CC(O)COCc2ccco2)CC1. The highest BCUT2D eigenvalue weighted by atomic mass is 35.5. The molecule has 0 radical (unpaired) electrons. The molecule has 0 amide bonds. The van der Waals surface area contributed by atoms with Crippen molar-refractivity contribution in [3.8, 4) is 0 Å². The van der Waals surface area contributed by atoms with Crippen LogP contribution in [0.3, 0.4) is 0 Å². The molecule has 0 bridgehead atoms. The van der Waals surface area contributed by atoms with Crippen molar-refractivity contribution in [1.82, 2.24) is 9.21 Å². The maximum Gasteiger partial charge on any atom is 0.417 e. The van der Waals surface area contributed by atoms with Gasteiger partial charge in [0.1, 0.15) is 12.4 Å². The maximum absolute atomic E-state index is 13.1. The first-order valence-corrected chi connectivity index (χ1v) is 11.3. The molecule has 1 aromatic carbocycles. The number of ether oxygens (including phenoxy) is 1. The van der Waals surface area contributed by atoms with Gasteiger partial charge < -0.3 is 14.3 Å². The molecule has 1 aliphatic rings. The van der Waals surface area contributed by atoms with Crippen LogP contribution in [-0.4, -0.2) is 68.2 Å². The van der Waals surface area contributed by atoms with Crippen molar-refractivity contribution in [2.24, 2.45) is 0 Å². The molecular weight excluding hydrogens is 461 g/mol. The summed E-state index contributed by atoms with van der Waals surface area (Å²) in [4.78, 5) is 1.42. The minimum absolute atomic E-state index is 0.0875. The Labute approximate surface area is 183 Å². The molecule has 172 valence electrons. The zero-order valence-electron chi connectivity index (χ0n) is 16.4. The summed E-state index contributed by atoms with van der Waals surface area (Å²) in [6, 6.07) is 6.05. The maximum atomic E-state index is 13.1. The van der Waals surface area contributed by atoms with Crippen LogP contribution in [0.1, 0.15) is 11.3 Å². The van der Waals surface area contributed by atoms with E-state index < -0.39 is 37.8 Å². The monoisotopic (exact) mass is 482 g/mol. The third-order valence-corrected chi connectivity index (χ3v) is 7.04. The Bertz CT molecular complexity index is 961. The number of alkyl halides is 3. The number of piperazine rings is 1. The first-order chi connectivity index (χ1) is 14.6. The van der Waals surface area contributed by atoms with Crippen molar-refractivity contribution in [1.29, 1.82) is 0 Å². The Morgan fingerprint density at radius 1 is 1.19 bits per heavy atom. The first kappa shape index (κ1) is 24.0. The zero-order valence-corrected chi connectivity index (χ0v) is 18.0. The van der Waals surface area contributed by atoms with Gasteiger partial charge in [-0.1, -0.05) is 11.6 Å². The van der Waals surface area contributed by atoms with Gasteiger partial charge in [-0.25, -0.2) is 8.42 Å². The fourth-order valence-electron chi connectivity index (χ4n) is 3.22. The van der Waals surface area contributed by atoms with E-state index >= 15 is 0 Å². The number of hydrogen-bond donors (Lipinski definition) is 1. The number of nitrogens with zero attached hydrogens (tertiary/aromatic N) is 2. The highest BCUT2D eigenvalue weighted by Crippen LogP contribution is 2.36. The van der Waals surface area contributed by atoms with E-state index in [0.717, 1.165) is 16.4 Å². The Morgan fingerprint density at radius 3 is 2.52 bits per heavy atom. The largest absolute Gasteiger partial charge is 0.467 e. The third kappa shape index (κ3) is 6.21. The summed E-state index contributed by atoms with van der Waals surface area (Å²) in [6.07, 6.45) is -4.00. The van der Waals surface area contributed by atoms with Crippen LogP contribution >= 0.6 is 11.6 Å². The fraction of sp³-hybridized carbons (Fsp3) is 0.474. The van der Waals surface area contributed by atoms with Gasteiger partial charge in [0, 0.05) is 32.7 Å². The molecule has 1 fully saturated rings. The van der Waals surface area contributed by atoms with E-state index in [1.165, 1.54) is 6.26 Å². The fourth-order valence-corrected chi connectivity index (χ4v) is 4.90. The number of rotatable bonds is 8. The third-order valence-electron chi connectivity index (χ3n) is 4.82. The molecule has 1 saturated heterocycles. The molecule has 1 aliphatic heterocycles. The van der Waals surface area contributed by atoms with Crippen molar-refractivity contribution in [2.75, 3.05) is 39.3 Å².